The summed E-state index contributed by atoms with van der Waals surface area (Å²) < 4.78 is 6.85. The van der Waals surface area contributed by atoms with Crippen molar-refractivity contribution in [2.45, 2.75) is 19.6 Å². The molecule has 0 saturated carbocycles. The van der Waals surface area contributed by atoms with Crippen LogP contribution in [-0.2, 0) is 18.3 Å². The van der Waals surface area contributed by atoms with Crippen LogP contribution in [0.3, 0.4) is 0 Å². The third kappa shape index (κ3) is 4.92. The average molecular weight is 213 g/mol. The molecule has 0 aliphatic carbocycles. The molecule has 0 radical (unpaired) electrons. The van der Waals surface area contributed by atoms with Gasteiger partial charge in [-0.1, -0.05) is 0 Å². The second-order valence-corrected chi connectivity index (χ2v) is 3.47. The lowest BCUT2D eigenvalue weighted by atomic mass is 10.3. The van der Waals surface area contributed by atoms with Crippen molar-refractivity contribution in [3.05, 3.63) is 18.0 Å². The molecule has 86 valence electrons. The van der Waals surface area contributed by atoms with E-state index in [1.165, 1.54) is 0 Å². The lowest BCUT2D eigenvalue weighted by molar-refractivity contribution is 0.0427. The zero-order valence-corrected chi connectivity index (χ0v) is 9.31. The van der Waals surface area contributed by atoms with Gasteiger partial charge in [-0.25, -0.2) is 0 Å². The van der Waals surface area contributed by atoms with E-state index in [0.717, 1.165) is 12.1 Å². The van der Waals surface area contributed by atoms with Crippen LogP contribution in [0.25, 0.3) is 0 Å². The van der Waals surface area contributed by atoms with Crippen molar-refractivity contribution in [2.75, 3.05) is 19.8 Å². The van der Waals surface area contributed by atoms with Crippen LogP contribution in [0, 0.1) is 0 Å². The maximum atomic E-state index is 9.46. The SMILES string of the molecule is CCOCC(O)CNCc1cnn(C)c1. The zero-order valence-electron chi connectivity index (χ0n) is 9.31. The monoisotopic (exact) mass is 213 g/mol. The summed E-state index contributed by atoms with van der Waals surface area (Å²) in [4.78, 5) is 0. The smallest absolute Gasteiger partial charge is 0.0897 e. The molecule has 1 aromatic rings. The van der Waals surface area contributed by atoms with Gasteiger partial charge in [-0.05, 0) is 6.92 Å². The van der Waals surface area contributed by atoms with Gasteiger partial charge in [-0.3, -0.25) is 4.68 Å². The van der Waals surface area contributed by atoms with Crippen LogP contribution in [-0.4, -0.2) is 40.7 Å². The van der Waals surface area contributed by atoms with Crippen LogP contribution in [0.5, 0.6) is 0 Å². The molecule has 5 nitrogen and oxygen atoms in total. The van der Waals surface area contributed by atoms with E-state index >= 15 is 0 Å². The molecule has 0 spiro atoms. The van der Waals surface area contributed by atoms with Gasteiger partial charge in [0.25, 0.3) is 0 Å². The number of rotatable bonds is 7. The quantitative estimate of drug-likeness (QED) is 0.664. The molecule has 5 heteroatoms. The lowest BCUT2D eigenvalue weighted by Gasteiger charge is -2.10. The third-order valence-corrected chi connectivity index (χ3v) is 1.98. The fourth-order valence-electron chi connectivity index (χ4n) is 1.26. The average Bonchev–Trinajstić information content (AvgIpc) is 2.61. The Balaban J connectivity index is 2.10. The van der Waals surface area contributed by atoms with Gasteiger partial charge in [0, 0.05) is 38.5 Å². The van der Waals surface area contributed by atoms with Gasteiger partial charge in [-0.2, -0.15) is 5.10 Å². The van der Waals surface area contributed by atoms with Crippen molar-refractivity contribution in [3.8, 4) is 0 Å². The predicted octanol–water partition coefficient (Wildman–Crippen LogP) is -0.0929. The number of hydrogen-bond acceptors (Lipinski definition) is 4. The number of nitrogens with zero attached hydrogens (tertiary/aromatic N) is 2. The summed E-state index contributed by atoms with van der Waals surface area (Å²) in [5.74, 6) is 0. The Morgan fingerprint density at radius 1 is 1.67 bits per heavy atom. The minimum absolute atomic E-state index is 0.385. The van der Waals surface area contributed by atoms with Gasteiger partial charge in [0.05, 0.1) is 18.9 Å². The van der Waals surface area contributed by atoms with Crippen LogP contribution in [0.15, 0.2) is 12.4 Å². The minimum atomic E-state index is -0.443. The second-order valence-electron chi connectivity index (χ2n) is 3.47. The standard InChI is InChI=1S/C10H19N3O2/c1-3-15-8-10(14)6-11-4-9-5-12-13(2)7-9/h5,7,10-11,14H,3-4,6,8H2,1-2H3. The first-order valence-corrected chi connectivity index (χ1v) is 5.16. The minimum Gasteiger partial charge on any atom is -0.389 e. The van der Waals surface area contributed by atoms with Gasteiger partial charge in [0.2, 0.25) is 0 Å². The largest absolute Gasteiger partial charge is 0.389 e. The molecular weight excluding hydrogens is 194 g/mol. The maximum Gasteiger partial charge on any atom is 0.0897 e. The Hall–Kier alpha value is -0.910. The van der Waals surface area contributed by atoms with E-state index in [-0.39, 0.29) is 0 Å². The number of aromatic nitrogens is 2. The van der Waals surface area contributed by atoms with Gasteiger partial charge in [0.1, 0.15) is 0 Å². The molecule has 0 amide bonds. The predicted molar refractivity (Wildman–Crippen MR) is 57.4 cm³/mol. The van der Waals surface area contributed by atoms with Crippen molar-refractivity contribution < 1.29 is 9.84 Å². The summed E-state index contributed by atoms with van der Waals surface area (Å²) in [6.45, 7) is 4.19. The lowest BCUT2D eigenvalue weighted by Crippen LogP contribution is -2.30. The Bertz CT molecular complexity index is 275. The molecule has 0 aliphatic heterocycles. The van der Waals surface area contributed by atoms with E-state index in [4.69, 9.17) is 4.74 Å². The Kier molecular flexibility index (Phi) is 5.31. The zero-order chi connectivity index (χ0) is 11.1. The summed E-state index contributed by atoms with van der Waals surface area (Å²) in [5, 5.41) is 16.6. The Morgan fingerprint density at radius 2 is 2.47 bits per heavy atom. The number of aryl methyl sites for hydroxylation is 1. The maximum absolute atomic E-state index is 9.46. The highest BCUT2D eigenvalue weighted by Crippen LogP contribution is 1.95. The van der Waals surface area contributed by atoms with Crippen LogP contribution in [0.4, 0.5) is 0 Å². The van der Waals surface area contributed by atoms with Gasteiger partial charge in [0.15, 0.2) is 0 Å². The highest BCUT2D eigenvalue weighted by Gasteiger charge is 2.03. The molecule has 1 rings (SSSR count). The Morgan fingerprint density at radius 3 is 3.07 bits per heavy atom. The summed E-state index contributed by atoms with van der Waals surface area (Å²) in [6.07, 6.45) is 3.31. The summed E-state index contributed by atoms with van der Waals surface area (Å²) >= 11 is 0. The molecule has 0 fully saturated rings. The van der Waals surface area contributed by atoms with Crippen LogP contribution in [0.1, 0.15) is 12.5 Å². The fraction of sp³-hybridized carbons (Fsp3) is 0.700. The van der Waals surface area contributed by atoms with Gasteiger partial charge < -0.3 is 15.2 Å². The summed E-state index contributed by atoms with van der Waals surface area (Å²) in [5.41, 5.74) is 1.11. The first-order valence-electron chi connectivity index (χ1n) is 5.16. The number of ether oxygens (including phenoxy) is 1. The van der Waals surface area contributed by atoms with Crippen LogP contribution in [0.2, 0.25) is 0 Å². The van der Waals surface area contributed by atoms with E-state index in [1.807, 2.05) is 26.4 Å². The molecule has 0 bridgehead atoms. The van der Waals surface area contributed by atoms with E-state index in [1.54, 1.807) is 4.68 Å². The summed E-state index contributed by atoms with van der Waals surface area (Å²) in [7, 11) is 1.88. The molecular formula is C10H19N3O2. The van der Waals surface area contributed by atoms with Crippen LogP contribution < -0.4 is 5.32 Å². The Labute approximate surface area is 90.1 Å². The van der Waals surface area contributed by atoms with Gasteiger partial charge >= 0.3 is 0 Å². The highest BCUT2D eigenvalue weighted by atomic mass is 16.5. The van der Waals surface area contributed by atoms with E-state index in [0.29, 0.717) is 19.8 Å². The number of aliphatic hydroxyl groups excluding tert-OH is 1. The van der Waals surface area contributed by atoms with E-state index in [2.05, 4.69) is 10.4 Å². The fourth-order valence-corrected chi connectivity index (χ4v) is 1.26. The number of aliphatic hydroxyl groups is 1. The molecule has 0 saturated heterocycles. The van der Waals surface area contributed by atoms with E-state index < -0.39 is 6.10 Å². The topological polar surface area (TPSA) is 59.3 Å². The molecule has 1 unspecified atom stereocenters. The van der Waals surface area contributed by atoms with Crippen LogP contribution >= 0.6 is 0 Å². The molecule has 1 atom stereocenters. The summed E-state index contributed by atoms with van der Waals surface area (Å²) in [6, 6.07) is 0. The molecule has 15 heavy (non-hydrogen) atoms. The number of nitrogens with one attached hydrogen (secondary N) is 1. The molecule has 0 aliphatic rings. The molecule has 1 heterocycles. The van der Waals surface area contributed by atoms with Crippen molar-refractivity contribution in [1.82, 2.24) is 15.1 Å². The second kappa shape index (κ2) is 6.55. The van der Waals surface area contributed by atoms with Gasteiger partial charge in [-0.15, -0.1) is 0 Å². The van der Waals surface area contributed by atoms with Crippen molar-refractivity contribution in [3.63, 3.8) is 0 Å². The van der Waals surface area contributed by atoms with Crippen molar-refractivity contribution >= 4 is 0 Å². The highest BCUT2D eigenvalue weighted by molar-refractivity contribution is 5.02. The normalized spacial score (nSPS) is 13.0. The number of hydrogen-bond donors (Lipinski definition) is 2. The van der Waals surface area contributed by atoms with Crippen molar-refractivity contribution in [2.24, 2.45) is 7.05 Å². The first-order chi connectivity index (χ1) is 7.22. The molecule has 1 aromatic heterocycles. The first kappa shape index (κ1) is 12.2. The molecule has 0 aromatic carbocycles. The van der Waals surface area contributed by atoms with E-state index in [9.17, 15) is 5.11 Å². The molecule has 2 N–H and O–H groups in total. The van der Waals surface area contributed by atoms with Crippen molar-refractivity contribution in [1.29, 1.82) is 0 Å². The third-order valence-electron chi connectivity index (χ3n) is 1.98.